The van der Waals surface area contributed by atoms with Gasteiger partial charge in [0.15, 0.2) is 6.61 Å². The van der Waals surface area contributed by atoms with Crippen molar-refractivity contribution in [3.63, 3.8) is 0 Å². The number of aryl methyl sites for hydroxylation is 2. The Morgan fingerprint density at radius 2 is 1.94 bits per heavy atom. The number of carbonyl (C=O) groups excluding carboxylic acids is 2. The van der Waals surface area contributed by atoms with Crippen molar-refractivity contribution in [1.82, 2.24) is 14.8 Å². The minimum absolute atomic E-state index is 0.0289. The van der Waals surface area contributed by atoms with Crippen LogP contribution in [0.5, 0.6) is 0 Å². The number of carbonyl (C=O) groups is 2. The summed E-state index contributed by atoms with van der Waals surface area (Å²) in [4.78, 5) is 28.5. The Balaban J connectivity index is 1.53. The number of hydrogen-bond donors (Lipinski definition) is 1. The summed E-state index contributed by atoms with van der Waals surface area (Å²) in [5.41, 5.74) is 3.36. The molecule has 31 heavy (non-hydrogen) atoms. The zero-order valence-electron chi connectivity index (χ0n) is 16.9. The highest BCUT2D eigenvalue weighted by atomic mass is 35.5. The fraction of sp³-hybridized carbons (Fsp3) is 0.174. The number of aromatic amines is 1. The van der Waals surface area contributed by atoms with Gasteiger partial charge in [0.25, 0.3) is 0 Å². The molecular formula is C23H19ClFN3O3. The predicted molar refractivity (Wildman–Crippen MR) is 116 cm³/mol. The largest absolute Gasteiger partial charge is 0.454 e. The van der Waals surface area contributed by atoms with Crippen molar-refractivity contribution >= 4 is 34.3 Å². The lowest BCUT2D eigenvalue weighted by Gasteiger charge is -2.05. The second-order valence-corrected chi connectivity index (χ2v) is 7.39. The first-order chi connectivity index (χ1) is 14.9. The van der Waals surface area contributed by atoms with Gasteiger partial charge in [0.1, 0.15) is 16.5 Å². The molecule has 0 radical (unpaired) electrons. The Morgan fingerprint density at radius 1 is 1.19 bits per heavy atom. The molecule has 8 heteroatoms. The Hall–Kier alpha value is -3.45. The predicted octanol–water partition coefficient (Wildman–Crippen LogP) is 5.06. The summed E-state index contributed by atoms with van der Waals surface area (Å²) in [6, 6.07) is 11.3. The SMILES string of the molecule is CCc1cccc2c(C(=O)COC(=O)c3c(C)nn(-c4ccc(F)cc4)c3Cl)c[nH]c12. The molecule has 0 fully saturated rings. The third-order valence-electron chi connectivity index (χ3n) is 5.10. The number of nitrogens with one attached hydrogen (secondary N) is 1. The van der Waals surface area contributed by atoms with Crippen molar-refractivity contribution in [2.24, 2.45) is 0 Å². The molecule has 0 aliphatic heterocycles. The summed E-state index contributed by atoms with van der Waals surface area (Å²) in [5, 5.41) is 5.06. The molecule has 2 heterocycles. The number of hydrogen-bond acceptors (Lipinski definition) is 4. The summed E-state index contributed by atoms with van der Waals surface area (Å²) < 4.78 is 19.7. The molecule has 2 aromatic heterocycles. The minimum Gasteiger partial charge on any atom is -0.454 e. The molecule has 2 aromatic carbocycles. The highest BCUT2D eigenvalue weighted by Gasteiger charge is 2.24. The summed E-state index contributed by atoms with van der Waals surface area (Å²) in [6.07, 6.45) is 2.46. The molecule has 0 aliphatic carbocycles. The lowest BCUT2D eigenvalue weighted by molar-refractivity contribution is 0.0474. The number of fused-ring (bicyclic) bond motifs is 1. The first kappa shape index (κ1) is 20.8. The van der Waals surface area contributed by atoms with Gasteiger partial charge in [0.05, 0.1) is 11.4 Å². The molecule has 4 rings (SSSR count). The van der Waals surface area contributed by atoms with Gasteiger partial charge in [0.2, 0.25) is 5.78 Å². The van der Waals surface area contributed by atoms with Crippen LogP contribution >= 0.6 is 11.6 Å². The molecule has 0 aliphatic rings. The van der Waals surface area contributed by atoms with Crippen molar-refractivity contribution in [2.75, 3.05) is 6.61 Å². The number of esters is 1. The number of aromatic nitrogens is 3. The van der Waals surface area contributed by atoms with Gasteiger partial charge in [-0.25, -0.2) is 13.9 Å². The van der Waals surface area contributed by atoms with Gasteiger partial charge in [-0.1, -0.05) is 36.7 Å². The molecular weight excluding hydrogens is 421 g/mol. The lowest BCUT2D eigenvalue weighted by Crippen LogP contribution is -2.14. The van der Waals surface area contributed by atoms with Gasteiger partial charge in [-0.2, -0.15) is 5.10 Å². The molecule has 0 saturated carbocycles. The van der Waals surface area contributed by atoms with Crippen LogP contribution in [0.15, 0.2) is 48.7 Å². The number of H-pyrrole nitrogens is 1. The van der Waals surface area contributed by atoms with Gasteiger partial charge in [-0.05, 0) is 43.2 Å². The van der Waals surface area contributed by atoms with Crippen molar-refractivity contribution in [3.05, 3.63) is 82.0 Å². The standard InChI is InChI=1S/C23H19ClFN3O3/c1-3-14-5-4-6-17-18(11-26-21(14)17)19(29)12-31-23(30)20-13(2)27-28(22(20)24)16-9-7-15(25)8-10-16/h4-11,26H,3,12H2,1-2H3. The zero-order valence-corrected chi connectivity index (χ0v) is 17.7. The molecule has 1 N–H and O–H groups in total. The highest BCUT2D eigenvalue weighted by molar-refractivity contribution is 6.33. The van der Waals surface area contributed by atoms with E-state index in [9.17, 15) is 14.0 Å². The number of nitrogens with zero attached hydrogens (tertiary/aromatic N) is 2. The second kappa shape index (κ2) is 8.35. The van der Waals surface area contributed by atoms with Gasteiger partial charge in [-0.15, -0.1) is 0 Å². The maximum atomic E-state index is 13.2. The minimum atomic E-state index is -0.752. The Labute approximate surface area is 182 Å². The summed E-state index contributed by atoms with van der Waals surface area (Å²) in [6.45, 7) is 3.22. The smallest absolute Gasteiger partial charge is 0.343 e. The van der Waals surface area contributed by atoms with Crippen molar-refractivity contribution in [3.8, 4) is 5.69 Å². The summed E-state index contributed by atoms with van der Waals surface area (Å²) in [7, 11) is 0. The number of Topliss-reactive ketones (excluding diaryl/α,β-unsaturated/α-hetero) is 1. The van der Waals surface area contributed by atoms with E-state index in [2.05, 4.69) is 10.1 Å². The second-order valence-electron chi connectivity index (χ2n) is 7.03. The first-order valence-corrected chi connectivity index (χ1v) is 10.1. The number of halogens is 2. The molecule has 0 atom stereocenters. The van der Waals surface area contributed by atoms with Crippen LogP contribution in [0.25, 0.3) is 16.6 Å². The highest BCUT2D eigenvalue weighted by Crippen LogP contribution is 2.25. The lowest BCUT2D eigenvalue weighted by atomic mass is 10.1. The Morgan fingerprint density at radius 3 is 2.65 bits per heavy atom. The van der Waals surface area contributed by atoms with E-state index in [0.717, 1.165) is 22.9 Å². The quantitative estimate of drug-likeness (QED) is 0.336. The van der Waals surface area contributed by atoms with E-state index in [-0.39, 0.29) is 16.5 Å². The van der Waals surface area contributed by atoms with Crippen LogP contribution in [-0.2, 0) is 11.2 Å². The molecule has 4 aromatic rings. The Kier molecular flexibility index (Phi) is 5.61. The van der Waals surface area contributed by atoms with Crippen molar-refractivity contribution < 1.29 is 18.7 Å². The Bertz CT molecular complexity index is 1290. The van der Waals surface area contributed by atoms with Crippen LogP contribution in [0, 0.1) is 12.7 Å². The van der Waals surface area contributed by atoms with Crippen LogP contribution in [0.1, 0.15) is 38.9 Å². The molecule has 0 saturated heterocycles. The van der Waals surface area contributed by atoms with Gasteiger partial charge >= 0.3 is 5.97 Å². The number of benzene rings is 2. The fourth-order valence-electron chi connectivity index (χ4n) is 3.51. The van der Waals surface area contributed by atoms with Crippen LogP contribution in [0.4, 0.5) is 4.39 Å². The topological polar surface area (TPSA) is 77.0 Å². The number of ether oxygens (including phenoxy) is 1. The van der Waals surface area contributed by atoms with Crippen LogP contribution < -0.4 is 0 Å². The summed E-state index contributed by atoms with van der Waals surface area (Å²) in [5.74, 6) is -1.48. The first-order valence-electron chi connectivity index (χ1n) is 9.71. The van der Waals surface area contributed by atoms with Crippen LogP contribution in [0.2, 0.25) is 5.15 Å². The maximum Gasteiger partial charge on any atom is 0.343 e. The van der Waals surface area contributed by atoms with E-state index < -0.39 is 18.4 Å². The molecule has 6 nitrogen and oxygen atoms in total. The van der Waals surface area contributed by atoms with Gasteiger partial charge in [-0.3, -0.25) is 4.79 Å². The van der Waals surface area contributed by atoms with Crippen molar-refractivity contribution in [1.29, 1.82) is 0 Å². The molecule has 0 spiro atoms. The van der Waals surface area contributed by atoms with E-state index in [1.54, 1.807) is 13.1 Å². The third kappa shape index (κ3) is 3.84. The number of ketones is 1. The average molecular weight is 440 g/mol. The van der Waals surface area contributed by atoms with Crippen molar-refractivity contribution in [2.45, 2.75) is 20.3 Å². The summed E-state index contributed by atoms with van der Waals surface area (Å²) >= 11 is 6.34. The van der Waals surface area contributed by atoms with Gasteiger partial charge in [0, 0.05) is 22.7 Å². The van der Waals surface area contributed by atoms with Crippen LogP contribution in [0.3, 0.4) is 0 Å². The monoisotopic (exact) mass is 439 g/mol. The third-order valence-corrected chi connectivity index (χ3v) is 5.45. The molecule has 158 valence electrons. The van der Waals surface area contributed by atoms with Crippen LogP contribution in [-0.4, -0.2) is 33.1 Å². The maximum absolute atomic E-state index is 13.2. The zero-order chi connectivity index (χ0) is 22.1. The molecule has 0 bridgehead atoms. The normalized spacial score (nSPS) is 11.1. The number of rotatable bonds is 6. The van der Waals surface area contributed by atoms with Gasteiger partial charge < -0.3 is 9.72 Å². The molecule has 0 amide bonds. The van der Waals surface area contributed by atoms with E-state index in [0.29, 0.717) is 16.9 Å². The fourth-order valence-corrected chi connectivity index (χ4v) is 3.86. The van der Waals surface area contributed by atoms with E-state index >= 15 is 0 Å². The van der Waals surface area contributed by atoms with E-state index in [1.807, 2.05) is 25.1 Å². The van der Waals surface area contributed by atoms with E-state index in [4.69, 9.17) is 16.3 Å². The molecule has 0 unspecified atom stereocenters. The average Bonchev–Trinajstić information content (AvgIpc) is 3.33. The number of para-hydroxylation sites is 1. The van der Waals surface area contributed by atoms with E-state index in [1.165, 1.54) is 28.9 Å².